The Labute approximate surface area is 170 Å². The van der Waals surface area contributed by atoms with Gasteiger partial charge < -0.3 is 9.64 Å². The van der Waals surface area contributed by atoms with Crippen molar-refractivity contribution in [1.82, 2.24) is 9.88 Å². The van der Waals surface area contributed by atoms with Gasteiger partial charge in [0.05, 0.1) is 17.0 Å². The van der Waals surface area contributed by atoms with E-state index >= 15 is 0 Å². The number of hydrogen-bond acceptors (Lipinski definition) is 7. The zero-order valence-corrected chi connectivity index (χ0v) is 16.8. The minimum absolute atomic E-state index is 0.0451. The van der Waals surface area contributed by atoms with Crippen LogP contribution in [0, 0.1) is 0 Å². The molecule has 0 saturated heterocycles. The van der Waals surface area contributed by atoms with Gasteiger partial charge in [0, 0.05) is 28.7 Å². The third kappa shape index (κ3) is 4.16. The molecule has 28 heavy (non-hydrogen) atoms. The van der Waals surface area contributed by atoms with Crippen molar-refractivity contribution >= 4 is 44.8 Å². The van der Waals surface area contributed by atoms with Crippen molar-refractivity contribution in [2.24, 2.45) is 4.40 Å². The molecular formula is C18H14ClN3O4S2. The number of esters is 1. The van der Waals surface area contributed by atoms with E-state index in [1.54, 1.807) is 23.2 Å². The summed E-state index contributed by atoms with van der Waals surface area (Å²) >= 11 is 7.35. The summed E-state index contributed by atoms with van der Waals surface area (Å²) in [6.07, 6.45) is 4.55. The number of hydrogen-bond donors (Lipinski definition) is 0. The van der Waals surface area contributed by atoms with Crippen LogP contribution in [-0.4, -0.2) is 42.4 Å². The maximum absolute atomic E-state index is 12.3. The van der Waals surface area contributed by atoms with E-state index in [9.17, 15) is 13.2 Å². The molecule has 4 rings (SSSR count). The lowest BCUT2D eigenvalue weighted by Gasteiger charge is -2.26. The van der Waals surface area contributed by atoms with Gasteiger partial charge in [-0.05, 0) is 24.3 Å². The van der Waals surface area contributed by atoms with Gasteiger partial charge in [-0.25, -0.2) is 18.2 Å². The van der Waals surface area contributed by atoms with Crippen LogP contribution in [-0.2, 0) is 26.2 Å². The summed E-state index contributed by atoms with van der Waals surface area (Å²) in [5.41, 5.74) is 1.91. The number of amidine groups is 1. The number of benzene rings is 1. The molecule has 2 aromatic rings. The number of thiazole rings is 1. The fourth-order valence-electron chi connectivity index (χ4n) is 2.64. The molecule has 0 radical (unpaired) electrons. The number of fused-ring (bicyclic) bond motifs is 1. The van der Waals surface area contributed by atoms with Crippen molar-refractivity contribution in [3.8, 4) is 10.6 Å². The lowest BCUT2D eigenvalue weighted by molar-refractivity contribution is -0.140. The summed E-state index contributed by atoms with van der Waals surface area (Å²) in [5.74, 6) is -0.296. The standard InChI is InChI=1S/C18H14ClN3O4S2/c19-14-4-1-12(2-5-14)17-20-15(11-27-17)10-26-18(23)13-3-6-16-21-28(24,25)8-7-22(16)9-13/h1-6,9,11H,7-8,10H2. The van der Waals surface area contributed by atoms with Gasteiger partial charge in [0.1, 0.15) is 17.5 Å². The number of rotatable bonds is 4. The highest BCUT2D eigenvalue weighted by Crippen LogP contribution is 2.25. The van der Waals surface area contributed by atoms with Crippen molar-refractivity contribution in [2.75, 3.05) is 12.3 Å². The maximum atomic E-state index is 12.3. The first-order valence-corrected chi connectivity index (χ1v) is 11.1. The van der Waals surface area contributed by atoms with Crippen molar-refractivity contribution in [2.45, 2.75) is 6.61 Å². The third-order valence-electron chi connectivity index (χ3n) is 4.05. The average molecular weight is 436 g/mol. The molecule has 0 bridgehead atoms. The number of ether oxygens (including phenoxy) is 1. The second-order valence-corrected chi connectivity index (χ2v) is 9.12. The summed E-state index contributed by atoms with van der Waals surface area (Å²) in [5, 5.41) is 3.31. The zero-order chi connectivity index (χ0) is 19.7. The molecule has 1 aromatic carbocycles. The van der Waals surface area contributed by atoms with Crippen molar-refractivity contribution in [1.29, 1.82) is 0 Å². The number of nitrogens with zero attached hydrogens (tertiary/aromatic N) is 3. The lowest BCUT2D eigenvalue weighted by Crippen LogP contribution is -2.37. The minimum Gasteiger partial charge on any atom is -0.456 e. The summed E-state index contributed by atoms with van der Waals surface area (Å²) in [6.45, 7) is 0.294. The summed E-state index contributed by atoms with van der Waals surface area (Å²) in [7, 11) is -3.43. The van der Waals surface area contributed by atoms with Gasteiger partial charge in [-0.1, -0.05) is 23.7 Å². The monoisotopic (exact) mass is 435 g/mol. The van der Waals surface area contributed by atoms with E-state index in [4.69, 9.17) is 16.3 Å². The van der Waals surface area contributed by atoms with Crippen LogP contribution in [0.3, 0.4) is 0 Å². The van der Waals surface area contributed by atoms with Crippen molar-refractivity contribution in [3.63, 3.8) is 0 Å². The van der Waals surface area contributed by atoms with Crippen LogP contribution >= 0.6 is 22.9 Å². The Kier molecular flexibility index (Phi) is 5.05. The molecule has 3 heterocycles. The van der Waals surface area contributed by atoms with Crippen molar-refractivity contribution in [3.05, 3.63) is 64.3 Å². The predicted molar refractivity (Wildman–Crippen MR) is 108 cm³/mol. The Hall–Kier alpha value is -2.49. The maximum Gasteiger partial charge on any atom is 0.340 e. The van der Waals surface area contributed by atoms with Crippen LogP contribution < -0.4 is 0 Å². The molecule has 2 aliphatic rings. The SMILES string of the molecule is O=C(OCc1csc(-c2ccc(Cl)cc2)n1)C1=CN2CCS(=O)(=O)N=C2C=C1. The quantitative estimate of drug-likeness (QED) is 0.686. The Morgan fingerprint density at radius 2 is 2.04 bits per heavy atom. The normalized spacial score (nSPS) is 17.5. The molecule has 0 fully saturated rings. The Bertz CT molecular complexity index is 1120. The highest BCUT2D eigenvalue weighted by Gasteiger charge is 2.25. The number of aromatic nitrogens is 1. The van der Waals surface area contributed by atoms with Crippen LogP contribution in [0.2, 0.25) is 5.02 Å². The molecule has 0 saturated carbocycles. The second-order valence-electron chi connectivity index (χ2n) is 6.07. The van der Waals surface area contributed by atoms with E-state index in [-0.39, 0.29) is 18.9 Å². The van der Waals surface area contributed by atoms with Gasteiger partial charge in [-0.2, -0.15) is 0 Å². The minimum atomic E-state index is -3.43. The third-order valence-corrected chi connectivity index (χ3v) is 6.41. The van der Waals surface area contributed by atoms with Gasteiger partial charge in [-0.3, -0.25) is 0 Å². The van der Waals surface area contributed by atoms with Crippen LogP contribution in [0.25, 0.3) is 10.6 Å². The molecule has 0 amide bonds. The molecule has 0 unspecified atom stereocenters. The highest BCUT2D eigenvalue weighted by atomic mass is 35.5. The summed E-state index contributed by atoms with van der Waals surface area (Å²) in [4.78, 5) is 18.4. The van der Waals surface area contributed by atoms with Gasteiger partial charge in [0.2, 0.25) is 0 Å². The number of carbonyl (C=O) groups is 1. The molecule has 0 aliphatic carbocycles. The molecule has 2 aliphatic heterocycles. The van der Waals surface area contributed by atoms with Gasteiger partial charge >= 0.3 is 5.97 Å². The number of halogens is 1. The largest absolute Gasteiger partial charge is 0.456 e. The molecular weight excluding hydrogens is 422 g/mol. The van der Waals surface area contributed by atoms with Crippen molar-refractivity contribution < 1.29 is 17.9 Å². The first kappa shape index (κ1) is 18.9. The number of sulfonamides is 1. The Balaban J connectivity index is 1.40. The first-order chi connectivity index (χ1) is 13.4. The van der Waals surface area contributed by atoms with Crippen LogP contribution in [0.15, 0.2) is 58.0 Å². The highest BCUT2D eigenvalue weighted by molar-refractivity contribution is 7.90. The molecule has 7 nitrogen and oxygen atoms in total. The molecule has 0 N–H and O–H groups in total. The Morgan fingerprint density at radius 1 is 1.25 bits per heavy atom. The van der Waals surface area contributed by atoms with E-state index in [1.807, 2.05) is 17.5 Å². The van der Waals surface area contributed by atoms with Gasteiger partial charge in [-0.15, -0.1) is 15.7 Å². The van der Waals surface area contributed by atoms with Gasteiger partial charge in [0.25, 0.3) is 10.0 Å². The van der Waals surface area contributed by atoms with E-state index in [1.165, 1.54) is 23.5 Å². The van der Waals surface area contributed by atoms with E-state index in [0.717, 1.165) is 10.6 Å². The fraction of sp³-hybridized carbons (Fsp3) is 0.167. The molecule has 144 valence electrons. The Morgan fingerprint density at radius 3 is 2.82 bits per heavy atom. The van der Waals surface area contributed by atoms with Crippen LogP contribution in [0.5, 0.6) is 0 Å². The van der Waals surface area contributed by atoms with E-state index in [2.05, 4.69) is 9.38 Å². The molecule has 0 spiro atoms. The first-order valence-electron chi connectivity index (χ1n) is 8.26. The average Bonchev–Trinajstić information content (AvgIpc) is 3.14. The summed E-state index contributed by atoms with van der Waals surface area (Å²) < 4.78 is 32.1. The van der Waals surface area contributed by atoms with Crippen LogP contribution in [0.1, 0.15) is 5.69 Å². The van der Waals surface area contributed by atoms with Crippen LogP contribution in [0.4, 0.5) is 0 Å². The van der Waals surface area contributed by atoms with Gasteiger partial charge in [0.15, 0.2) is 0 Å². The van der Waals surface area contributed by atoms with E-state index in [0.29, 0.717) is 22.1 Å². The molecule has 10 heteroatoms. The zero-order valence-electron chi connectivity index (χ0n) is 14.4. The molecule has 0 atom stereocenters. The summed E-state index contributed by atoms with van der Waals surface area (Å²) in [6, 6.07) is 7.35. The second kappa shape index (κ2) is 7.50. The number of carbonyl (C=O) groups excluding carboxylic acids is 1. The predicted octanol–water partition coefficient (Wildman–Crippen LogP) is 3.00. The molecule has 1 aromatic heterocycles. The lowest BCUT2D eigenvalue weighted by atomic mass is 10.2. The fourth-order valence-corrected chi connectivity index (χ4v) is 4.55. The smallest absolute Gasteiger partial charge is 0.340 e. The van der Waals surface area contributed by atoms with E-state index < -0.39 is 16.0 Å². The topological polar surface area (TPSA) is 88.9 Å².